The molecular formula is C22H42O7P2. The Morgan fingerprint density at radius 3 is 1.52 bits per heavy atom. The van der Waals surface area contributed by atoms with E-state index in [-0.39, 0.29) is 0 Å². The van der Waals surface area contributed by atoms with Gasteiger partial charge >= 0.3 is 16.4 Å². The van der Waals surface area contributed by atoms with Crippen LogP contribution < -0.4 is 4.52 Å². The standard InChI is InChI=1S/C22H39O3P.H3O4P/c1-3-5-7-9-11-16-20-23-26(25-22-18-14-13-15-19-22)24-21-17-12-10-8-6-4-2;1-5(2,3)4/h13-15,18-19H,3-12,16-17,20-21H2,1-2H3;(H3,1,2,3,4). The molecule has 0 saturated carbocycles. The summed E-state index contributed by atoms with van der Waals surface area (Å²) in [5.41, 5.74) is 0. The van der Waals surface area contributed by atoms with Gasteiger partial charge in [0.15, 0.2) is 0 Å². The van der Waals surface area contributed by atoms with Crippen LogP contribution in [0.2, 0.25) is 0 Å². The summed E-state index contributed by atoms with van der Waals surface area (Å²) in [5, 5.41) is 0. The van der Waals surface area contributed by atoms with Crippen molar-refractivity contribution in [1.82, 2.24) is 0 Å². The number of rotatable bonds is 18. The molecule has 0 aliphatic carbocycles. The lowest BCUT2D eigenvalue weighted by atomic mass is 10.1. The van der Waals surface area contributed by atoms with Gasteiger partial charge in [-0.2, -0.15) is 0 Å². The van der Waals surface area contributed by atoms with Gasteiger partial charge in [-0.05, 0) is 25.0 Å². The number of unbranched alkanes of at least 4 members (excludes halogenated alkanes) is 10. The summed E-state index contributed by atoms with van der Waals surface area (Å²) in [4.78, 5) is 21.6. The van der Waals surface area contributed by atoms with E-state index in [0.717, 1.165) is 31.8 Å². The molecule has 0 radical (unpaired) electrons. The largest absolute Gasteiger partial charge is 0.466 e. The summed E-state index contributed by atoms with van der Waals surface area (Å²) in [7, 11) is -5.93. The minimum atomic E-state index is -4.64. The molecule has 0 aliphatic rings. The van der Waals surface area contributed by atoms with Crippen LogP contribution in [0.15, 0.2) is 30.3 Å². The first-order valence-corrected chi connectivity index (χ1v) is 14.1. The highest BCUT2D eigenvalue weighted by atomic mass is 31.2. The van der Waals surface area contributed by atoms with Gasteiger partial charge in [-0.25, -0.2) is 4.57 Å². The lowest BCUT2D eigenvalue weighted by molar-refractivity contribution is 0.198. The van der Waals surface area contributed by atoms with Gasteiger partial charge in [-0.1, -0.05) is 96.3 Å². The van der Waals surface area contributed by atoms with Crippen LogP contribution in [0.1, 0.15) is 90.9 Å². The van der Waals surface area contributed by atoms with Crippen molar-refractivity contribution in [3.63, 3.8) is 0 Å². The van der Waals surface area contributed by atoms with E-state index in [2.05, 4.69) is 13.8 Å². The van der Waals surface area contributed by atoms with Crippen molar-refractivity contribution in [1.29, 1.82) is 0 Å². The normalized spacial score (nSPS) is 11.3. The van der Waals surface area contributed by atoms with E-state index in [1.807, 2.05) is 30.3 Å². The molecule has 0 spiro atoms. The number of benzene rings is 1. The quantitative estimate of drug-likeness (QED) is 0.152. The molecule has 0 amide bonds. The SMILES string of the molecule is CCCCCCCCOP(OCCCCCCCC)Oc1ccccc1.O=P(O)(O)O. The van der Waals surface area contributed by atoms with Gasteiger partial charge in [-0.3, -0.25) is 0 Å². The Hall–Kier alpha value is -0.520. The summed E-state index contributed by atoms with van der Waals surface area (Å²) >= 11 is 0. The zero-order chi connectivity index (χ0) is 23.2. The Bertz CT molecular complexity index is 514. The third-order valence-electron chi connectivity index (χ3n) is 4.31. The number of para-hydroxylation sites is 1. The van der Waals surface area contributed by atoms with Gasteiger partial charge in [0, 0.05) is 0 Å². The lowest BCUT2D eigenvalue weighted by Gasteiger charge is -2.17. The molecular weight excluding hydrogens is 438 g/mol. The third-order valence-corrected chi connectivity index (χ3v) is 5.46. The highest BCUT2D eigenvalue weighted by Gasteiger charge is 2.14. The van der Waals surface area contributed by atoms with Gasteiger partial charge in [0.25, 0.3) is 0 Å². The predicted molar refractivity (Wildman–Crippen MR) is 127 cm³/mol. The minimum absolute atomic E-state index is 0.723. The second kappa shape index (κ2) is 21.3. The summed E-state index contributed by atoms with van der Waals surface area (Å²) in [6.45, 7) is 5.94. The molecule has 0 fully saturated rings. The van der Waals surface area contributed by atoms with E-state index in [4.69, 9.17) is 32.8 Å². The highest BCUT2D eigenvalue weighted by molar-refractivity contribution is 7.45. The van der Waals surface area contributed by atoms with E-state index in [1.54, 1.807) is 0 Å². The molecule has 7 nitrogen and oxygen atoms in total. The van der Waals surface area contributed by atoms with Crippen LogP contribution in [0.3, 0.4) is 0 Å². The van der Waals surface area contributed by atoms with Gasteiger partial charge in [0.05, 0.1) is 13.2 Å². The fraction of sp³-hybridized carbons (Fsp3) is 0.727. The van der Waals surface area contributed by atoms with Crippen LogP contribution in [-0.2, 0) is 13.6 Å². The molecule has 1 aromatic carbocycles. The topological polar surface area (TPSA) is 105 Å². The smallest absolute Gasteiger partial charge is 0.427 e. The second-order valence-electron chi connectivity index (χ2n) is 7.34. The third kappa shape index (κ3) is 25.6. The summed E-state index contributed by atoms with van der Waals surface area (Å²) in [6.07, 6.45) is 15.2. The van der Waals surface area contributed by atoms with E-state index in [0.29, 0.717) is 0 Å². The van der Waals surface area contributed by atoms with Crippen molar-refractivity contribution in [3.05, 3.63) is 30.3 Å². The molecule has 182 valence electrons. The van der Waals surface area contributed by atoms with Crippen LogP contribution in [0.25, 0.3) is 0 Å². The minimum Gasteiger partial charge on any atom is -0.427 e. The van der Waals surface area contributed by atoms with Crippen LogP contribution >= 0.6 is 16.4 Å². The Balaban J connectivity index is 0.00000161. The van der Waals surface area contributed by atoms with E-state index >= 15 is 0 Å². The molecule has 3 N–H and O–H groups in total. The van der Waals surface area contributed by atoms with Crippen molar-refractivity contribution in [3.8, 4) is 5.75 Å². The molecule has 0 unspecified atom stereocenters. The van der Waals surface area contributed by atoms with Gasteiger partial charge in [0.1, 0.15) is 5.75 Å². The lowest BCUT2D eigenvalue weighted by Crippen LogP contribution is -2.01. The van der Waals surface area contributed by atoms with E-state index in [1.165, 1.54) is 64.2 Å². The molecule has 0 aliphatic heterocycles. The molecule has 0 aromatic heterocycles. The summed E-state index contributed by atoms with van der Waals surface area (Å²) in [5.74, 6) is 0.824. The van der Waals surface area contributed by atoms with Crippen molar-refractivity contribution in [2.45, 2.75) is 90.9 Å². The van der Waals surface area contributed by atoms with Crippen LogP contribution in [-0.4, -0.2) is 27.9 Å². The molecule has 0 bridgehead atoms. The molecule has 1 rings (SSSR count). The molecule has 0 heterocycles. The Kier molecular flexibility index (Phi) is 21.0. The Morgan fingerprint density at radius 1 is 0.710 bits per heavy atom. The molecule has 9 heteroatoms. The van der Waals surface area contributed by atoms with Crippen molar-refractivity contribution in [2.75, 3.05) is 13.2 Å². The average Bonchev–Trinajstić information content (AvgIpc) is 2.71. The first kappa shape index (κ1) is 30.5. The maximum absolute atomic E-state index is 8.88. The van der Waals surface area contributed by atoms with E-state index in [9.17, 15) is 0 Å². The second-order valence-corrected chi connectivity index (χ2v) is 9.52. The first-order chi connectivity index (χ1) is 14.9. The van der Waals surface area contributed by atoms with E-state index < -0.39 is 16.4 Å². The van der Waals surface area contributed by atoms with Crippen molar-refractivity contribution in [2.24, 2.45) is 0 Å². The zero-order valence-electron chi connectivity index (χ0n) is 19.2. The molecule has 31 heavy (non-hydrogen) atoms. The van der Waals surface area contributed by atoms with Gasteiger partial charge in [-0.15, -0.1) is 0 Å². The van der Waals surface area contributed by atoms with Gasteiger partial charge in [0.2, 0.25) is 0 Å². The maximum atomic E-state index is 8.88. The number of phosphoric acid groups is 1. The number of hydrogen-bond acceptors (Lipinski definition) is 4. The zero-order valence-corrected chi connectivity index (χ0v) is 20.9. The van der Waals surface area contributed by atoms with Crippen molar-refractivity contribution >= 4 is 16.4 Å². The summed E-state index contributed by atoms with van der Waals surface area (Å²) in [6, 6.07) is 9.85. The maximum Gasteiger partial charge on any atom is 0.466 e. The Labute approximate surface area is 189 Å². The predicted octanol–water partition coefficient (Wildman–Crippen LogP) is 7.12. The first-order valence-electron chi connectivity index (χ1n) is 11.4. The van der Waals surface area contributed by atoms with Crippen LogP contribution in [0, 0.1) is 0 Å². The molecule has 0 saturated heterocycles. The average molecular weight is 481 g/mol. The summed E-state index contributed by atoms with van der Waals surface area (Å²) < 4.78 is 26.6. The molecule has 1 aromatic rings. The van der Waals surface area contributed by atoms with Crippen molar-refractivity contribution < 1.29 is 32.8 Å². The van der Waals surface area contributed by atoms with Gasteiger partial charge < -0.3 is 28.3 Å². The molecule has 0 atom stereocenters. The monoisotopic (exact) mass is 480 g/mol. The Morgan fingerprint density at radius 2 is 1.10 bits per heavy atom. The number of hydrogen-bond donors (Lipinski definition) is 3. The van der Waals surface area contributed by atoms with Crippen LogP contribution in [0.4, 0.5) is 0 Å². The van der Waals surface area contributed by atoms with Crippen LogP contribution in [0.5, 0.6) is 5.75 Å². The fourth-order valence-electron chi connectivity index (χ4n) is 2.70. The fourth-order valence-corrected chi connectivity index (χ4v) is 3.73. The highest BCUT2D eigenvalue weighted by Crippen LogP contribution is 2.41.